The van der Waals surface area contributed by atoms with Crippen molar-refractivity contribution in [3.8, 4) is 5.75 Å². The Hall–Kier alpha value is -1.85. The molecule has 2 aromatic rings. The van der Waals surface area contributed by atoms with Gasteiger partial charge in [-0.2, -0.15) is 11.8 Å². The van der Waals surface area contributed by atoms with Crippen molar-refractivity contribution in [2.75, 3.05) is 18.8 Å². The number of benzene rings is 1. The molecule has 1 aromatic heterocycles. The first-order valence-electron chi connectivity index (χ1n) is 9.14. The number of rotatable bonds is 7. The highest BCUT2D eigenvalue weighted by Crippen LogP contribution is 2.28. The number of aromatic hydroxyl groups is 1. The van der Waals surface area contributed by atoms with Gasteiger partial charge >= 0.3 is 0 Å². The average Bonchev–Trinajstić information content (AvgIpc) is 2.67. The summed E-state index contributed by atoms with van der Waals surface area (Å²) in [5.74, 6) is 2.55. The van der Waals surface area contributed by atoms with E-state index in [2.05, 4.69) is 40.2 Å². The summed E-state index contributed by atoms with van der Waals surface area (Å²) in [7, 11) is 0. The Labute approximate surface area is 159 Å². The SMILES string of the molecule is Cc1ncc(CSCC2CCN(Cc3ccccc3)CC2)c(C=O)c1O. The fraction of sp³-hybridized carbons (Fsp3) is 0.429. The van der Waals surface area contributed by atoms with Gasteiger partial charge in [0.2, 0.25) is 0 Å². The number of carbonyl (C=O) groups is 1. The first-order valence-corrected chi connectivity index (χ1v) is 10.3. The molecular formula is C21H26N2O2S. The van der Waals surface area contributed by atoms with Gasteiger partial charge in [-0.15, -0.1) is 0 Å². The fourth-order valence-electron chi connectivity index (χ4n) is 3.39. The van der Waals surface area contributed by atoms with Crippen LogP contribution in [0.4, 0.5) is 0 Å². The van der Waals surface area contributed by atoms with Gasteiger partial charge in [-0.1, -0.05) is 30.3 Å². The van der Waals surface area contributed by atoms with Crippen molar-refractivity contribution in [2.24, 2.45) is 5.92 Å². The largest absolute Gasteiger partial charge is 0.505 e. The third kappa shape index (κ3) is 4.86. The van der Waals surface area contributed by atoms with E-state index in [0.29, 0.717) is 11.3 Å². The molecule has 0 saturated carbocycles. The first kappa shape index (κ1) is 18.9. The monoisotopic (exact) mass is 370 g/mol. The number of thioether (sulfide) groups is 1. The minimum absolute atomic E-state index is 0.0207. The van der Waals surface area contributed by atoms with Gasteiger partial charge in [0.25, 0.3) is 0 Å². The Morgan fingerprint density at radius 3 is 2.69 bits per heavy atom. The molecule has 5 heteroatoms. The van der Waals surface area contributed by atoms with Gasteiger partial charge in [0, 0.05) is 18.5 Å². The molecule has 1 aliphatic heterocycles. The molecule has 0 unspecified atom stereocenters. The van der Waals surface area contributed by atoms with Crippen molar-refractivity contribution in [3.05, 3.63) is 58.9 Å². The van der Waals surface area contributed by atoms with Crippen LogP contribution in [0.1, 0.15) is 40.0 Å². The molecule has 3 rings (SSSR count). The van der Waals surface area contributed by atoms with Crippen LogP contribution >= 0.6 is 11.8 Å². The molecule has 0 bridgehead atoms. The topological polar surface area (TPSA) is 53.4 Å². The van der Waals surface area contributed by atoms with Crippen molar-refractivity contribution < 1.29 is 9.90 Å². The zero-order chi connectivity index (χ0) is 18.4. The number of hydrogen-bond acceptors (Lipinski definition) is 5. The summed E-state index contributed by atoms with van der Waals surface area (Å²) in [6.07, 6.45) is 4.89. The van der Waals surface area contributed by atoms with Crippen LogP contribution in [0.3, 0.4) is 0 Å². The second-order valence-electron chi connectivity index (χ2n) is 6.97. The zero-order valence-corrected chi connectivity index (χ0v) is 16.0. The number of nitrogens with zero attached hydrogens (tertiary/aromatic N) is 2. The number of hydrogen-bond donors (Lipinski definition) is 1. The van der Waals surface area contributed by atoms with E-state index < -0.39 is 0 Å². The van der Waals surface area contributed by atoms with E-state index in [4.69, 9.17) is 0 Å². The second kappa shape index (κ2) is 9.19. The Balaban J connectivity index is 1.43. The summed E-state index contributed by atoms with van der Waals surface area (Å²) < 4.78 is 0. The van der Waals surface area contributed by atoms with Crippen LogP contribution in [0.25, 0.3) is 0 Å². The van der Waals surface area contributed by atoms with Crippen LogP contribution in [-0.2, 0) is 12.3 Å². The summed E-state index contributed by atoms with van der Waals surface area (Å²) in [6.45, 7) is 5.04. The maximum Gasteiger partial charge on any atom is 0.154 e. The van der Waals surface area contributed by atoms with E-state index in [0.717, 1.165) is 48.9 Å². The summed E-state index contributed by atoms with van der Waals surface area (Å²) in [5, 5.41) is 9.97. The van der Waals surface area contributed by atoms with E-state index >= 15 is 0 Å². The molecule has 2 heterocycles. The van der Waals surface area contributed by atoms with Gasteiger partial charge < -0.3 is 5.11 Å². The van der Waals surface area contributed by atoms with Crippen LogP contribution in [-0.4, -0.2) is 40.1 Å². The molecular weight excluding hydrogens is 344 g/mol. The number of carbonyl (C=O) groups excluding carboxylic acids is 1. The van der Waals surface area contributed by atoms with E-state index in [1.54, 1.807) is 13.1 Å². The maximum atomic E-state index is 11.2. The Morgan fingerprint density at radius 1 is 1.27 bits per heavy atom. The summed E-state index contributed by atoms with van der Waals surface area (Å²) in [5.41, 5.74) is 3.11. The fourth-order valence-corrected chi connectivity index (χ4v) is 4.62. The normalized spacial score (nSPS) is 15.9. The smallest absolute Gasteiger partial charge is 0.154 e. The highest BCUT2D eigenvalue weighted by atomic mass is 32.2. The molecule has 26 heavy (non-hydrogen) atoms. The van der Waals surface area contributed by atoms with Gasteiger partial charge in [0.1, 0.15) is 5.75 Å². The van der Waals surface area contributed by atoms with Crippen LogP contribution in [0, 0.1) is 12.8 Å². The minimum atomic E-state index is 0.0207. The van der Waals surface area contributed by atoms with Crippen LogP contribution in [0.5, 0.6) is 5.75 Å². The van der Waals surface area contributed by atoms with Gasteiger partial charge in [-0.25, -0.2) is 0 Å². The molecule has 138 valence electrons. The lowest BCUT2D eigenvalue weighted by atomic mass is 9.98. The molecule has 0 amide bonds. The third-order valence-electron chi connectivity index (χ3n) is 5.04. The standard InChI is InChI=1S/C21H26N2O2S/c1-16-21(25)20(13-24)19(11-22-16)15-26-14-18-7-9-23(10-8-18)12-17-5-3-2-4-6-17/h2-6,11,13,18,25H,7-10,12,14-15H2,1H3. The van der Waals surface area contributed by atoms with Crippen molar-refractivity contribution in [1.82, 2.24) is 9.88 Å². The van der Waals surface area contributed by atoms with Gasteiger partial charge in [0.05, 0.1) is 11.3 Å². The van der Waals surface area contributed by atoms with Crippen molar-refractivity contribution in [1.29, 1.82) is 0 Å². The van der Waals surface area contributed by atoms with Gasteiger partial charge in [-0.3, -0.25) is 14.7 Å². The lowest BCUT2D eigenvalue weighted by Gasteiger charge is -2.31. The predicted octanol–water partition coefficient (Wildman–Crippen LogP) is 4.05. The highest BCUT2D eigenvalue weighted by molar-refractivity contribution is 7.98. The Morgan fingerprint density at radius 2 is 2.00 bits per heavy atom. The molecule has 1 aromatic carbocycles. The molecule has 4 nitrogen and oxygen atoms in total. The van der Waals surface area contributed by atoms with Crippen LogP contribution in [0.15, 0.2) is 36.5 Å². The lowest BCUT2D eigenvalue weighted by molar-refractivity contribution is 0.112. The Kier molecular flexibility index (Phi) is 6.69. The van der Waals surface area contributed by atoms with Gasteiger partial charge in [-0.05, 0) is 55.7 Å². The molecule has 0 aliphatic carbocycles. The Bertz CT molecular complexity index is 728. The molecule has 1 saturated heterocycles. The average molecular weight is 371 g/mol. The number of pyridine rings is 1. The molecule has 1 N–H and O–H groups in total. The molecule has 0 spiro atoms. The van der Waals surface area contributed by atoms with Gasteiger partial charge in [0.15, 0.2) is 6.29 Å². The van der Waals surface area contributed by atoms with E-state index in [1.165, 1.54) is 18.4 Å². The summed E-state index contributed by atoms with van der Waals surface area (Å²) in [6, 6.07) is 10.6. The van der Waals surface area contributed by atoms with E-state index in [9.17, 15) is 9.90 Å². The van der Waals surface area contributed by atoms with Crippen LogP contribution < -0.4 is 0 Å². The maximum absolute atomic E-state index is 11.2. The number of piperidine rings is 1. The number of aldehydes is 1. The molecule has 1 aliphatic rings. The van der Waals surface area contributed by atoms with E-state index in [-0.39, 0.29) is 5.75 Å². The molecule has 1 fully saturated rings. The number of aryl methyl sites for hydroxylation is 1. The van der Waals surface area contributed by atoms with Crippen molar-refractivity contribution >= 4 is 18.0 Å². The quantitative estimate of drug-likeness (QED) is 0.745. The number of aromatic nitrogens is 1. The third-order valence-corrected chi connectivity index (χ3v) is 6.27. The zero-order valence-electron chi connectivity index (χ0n) is 15.2. The highest BCUT2D eigenvalue weighted by Gasteiger charge is 2.19. The summed E-state index contributed by atoms with van der Waals surface area (Å²) in [4.78, 5) is 18.0. The molecule has 0 radical (unpaired) electrons. The second-order valence-corrected chi connectivity index (χ2v) is 8.00. The van der Waals surface area contributed by atoms with Crippen LogP contribution in [0.2, 0.25) is 0 Å². The van der Waals surface area contributed by atoms with Crippen molar-refractivity contribution in [2.45, 2.75) is 32.1 Å². The molecule has 0 atom stereocenters. The summed E-state index contributed by atoms with van der Waals surface area (Å²) >= 11 is 1.83. The lowest BCUT2D eigenvalue weighted by Crippen LogP contribution is -2.33. The van der Waals surface area contributed by atoms with E-state index in [1.807, 2.05) is 11.8 Å². The first-order chi connectivity index (χ1) is 12.7. The minimum Gasteiger partial charge on any atom is -0.505 e. The number of likely N-dealkylation sites (tertiary alicyclic amines) is 1. The predicted molar refractivity (Wildman–Crippen MR) is 107 cm³/mol. The van der Waals surface area contributed by atoms with Crippen molar-refractivity contribution in [3.63, 3.8) is 0 Å².